The number of ketones is 1. The summed E-state index contributed by atoms with van der Waals surface area (Å²) in [5, 5.41) is 13.2. The van der Waals surface area contributed by atoms with Gasteiger partial charge in [0.2, 0.25) is 0 Å². The van der Waals surface area contributed by atoms with E-state index < -0.39 is 0 Å². The average molecular weight is 154 g/mol. The van der Waals surface area contributed by atoms with Crippen LogP contribution in [0.1, 0.15) is 25.6 Å². The van der Waals surface area contributed by atoms with Gasteiger partial charge >= 0.3 is 0 Å². The smallest absolute Gasteiger partial charge is 0.174 e. The zero-order valence-corrected chi connectivity index (χ0v) is 6.37. The highest BCUT2D eigenvalue weighted by Gasteiger charge is 2.01. The van der Waals surface area contributed by atoms with E-state index in [-0.39, 0.29) is 5.78 Å². The molecule has 1 aromatic heterocycles. The van der Waals surface area contributed by atoms with Crippen molar-refractivity contribution in [2.75, 3.05) is 0 Å². The molecule has 5 heteroatoms. The van der Waals surface area contributed by atoms with Gasteiger partial charge in [-0.2, -0.15) is 5.21 Å². The van der Waals surface area contributed by atoms with Gasteiger partial charge in [-0.3, -0.25) is 4.79 Å². The first-order chi connectivity index (χ1) is 5.33. The minimum Gasteiger partial charge on any atom is -0.300 e. The van der Waals surface area contributed by atoms with Crippen molar-refractivity contribution in [1.82, 2.24) is 20.6 Å². The number of aromatic nitrogens is 4. The van der Waals surface area contributed by atoms with Crippen LogP contribution in [0.4, 0.5) is 0 Å². The molecular formula is C6H10N4O. The van der Waals surface area contributed by atoms with Gasteiger partial charge in [-0.05, 0) is 0 Å². The number of aromatic amines is 1. The highest BCUT2D eigenvalue weighted by atomic mass is 16.1. The van der Waals surface area contributed by atoms with Crippen molar-refractivity contribution in [3.63, 3.8) is 0 Å². The molecule has 0 aliphatic carbocycles. The minimum atomic E-state index is 0.231. The Balaban J connectivity index is 2.29. The molecular weight excluding hydrogens is 144 g/mol. The number of hydrogen-bond donors (Lipinski definition) is 1. The van der Waals surface area contributed by atoms with Crippen LogP contribution in [0.3, 0.4) is 0 Å². The second kappa shape index (κ2) is 3.80. The molecule has 0 amide bonds. The van der Waals surface area contributed by atoms with Crippen LogP contribution in [0.5, 0.6) is 0 Å². The molecule has 0 aromatic carbocycles. The molecule has 0 fully saturated rings. The summed E-state index contributed by atoms with van der Waals surface area (Å²) in [5.74, 6) is 0.835. The number of nitrogens with one attached hydrogen (secondary N) is 1. The molecule has 60 valence electrons. The Morgan fingerprint density at radius 1 is 1.64 bits per heavy atom. The average Bonchev–Trinajstić information content (AvgIpc) is 2.52. The summed E-state index contributed by atoms with van der Waals surface area (Å²) in [5.41, 5.74) is 0. The maximum absolute atomic E-state index is 10.8. The second-order valence-corrected chi connectivity index (χ2v) is 2.22. The van der Waals surface area contributed by atoms with Gasteiger partial charge in [-0.15, -0.1) is 10.2 Å². The quantitative estimate of drug-likeness (QED) is 0.668. The van der Waals surface area contributed by atoms with Crippen molar-refractivity contribution in [3.8, 4) is 0 Å². The van der Waals surface area contributed by atoms with Crippen LogP contribution >= 0.6 is 0 Å². The lowest BCUT2D eigenvalue weighted by Crippen LogP contribution is -1.98. The van der Waals surface area contributed by atoms with E-state index in [9.17, 15) is 4.79 Å². The van der Waals surface area contributed by atoms with Gasteiger partial charge in [0.1, 0.15) is 5.78 Å². The van der Waals surface area contributed by atoms with Crippen LogP contribution in [0, 0.1) is 0 Å². The van der Waals surface area contributed by atoms with E-state index in [2.05, 4.69) is 20.6 Å². The van der Waals surface area contributed by atoms with Gasteiger partial charge in [0.05, 0.1) is 0 Å². The van der Waals surface area contributed by atoms with E-state index in [0.29, 0.717) is 25.1 Å². The topological polar surface area (TPSA) is 71.5 Å². The Bertz CT molecular complexity index is 218. The van der Waals surface area contributed by atoms with Crippen molar-refractivity contribution in [3.05, 3.63) is 5.82 Å². The highest BCUT2D eigenvalue weighted by molar-refractivity contribution is 5.78. The van der Waals surface area contributed by atoms with Crippen molar-refractivity contribution in [2.45, 2.75) is 26.2 Å². The molecule has 11 heavy (non-hydrogen) atoms. The Labute approximate surface area is 64.2 Å². The second-order valence-electron chi connectivity index (χ2n) is 2.22. The van der Waals surface area contributed by atoms with Gasteiger partial charge in [0.15, 0.2) is 5.82 Å². The SMILES string of the molecule is CCC(=O)CCc1nn[nH]n1. The molecule has 1 rings (SSSR count). The minimum absolute atomic E-state index is 0.231. The zero-order chi connectivity index (χ0) is 8.10. The first-order valence-corrected chi connectivity index (χ1v) is 3.57. The van der Waals surface area contributed by atoms with Crippen molar-refractivity contribution >= 4 is 5.78 Å². The predicted octanol–water partition coefficient (Wildman–Crippen LogP) is 0.111. The van der Waals surface area contributed by atoms with Crippen LogP contribution in [-0.2, 0) is 11.2 Å². The molecule has 0 unspecified atom stereocenters. The highest BCUT2D eigenvalue weighted by Crippen LogP contribution is 1.95. The van der Waals surface area contributed by atoms with Gasteiger partial charge in [-0.25, -0.2) is 0 Å². The number of nitrogens with zero attached hydrogens (tertiary/aromatic N) is 3. The number of carbonyl (C=O) groups excluding carboxylic acids is 1. The van der Waals surface area contributed by atoms with Crippen molar-refractivity contribution in [1.29, 1.82) is 0 Å². The third-order valence-corrected chi connectivity index (χ3v) is 1.41. The van der Waals surface area contributed by atoms with E-state index >= 15 is 0 Å². The molecule has 0 saturated heterocycles. The molecule has 5 nitrogen and oxygen atoms in total. The summed E-state index contributed by atoms with van der Waals surface area (Å²) in [6.45, 7) is 1.85. The Hall–Kier alpha value is -1.26. The van der Waals surface area contributed by atoms with E-state index in [4.69, 9.17) is 0 Å². The fraction of sp³-hybridized carbons (Fsp3) is 0.667. The number of aryl methyl sites for hydroxylation is 1. The standard InChI is InChI=1S/C6H10N4O/c1-2-5(11)3-4-6-7-9-10-8-6/h2-4H2,1H3,(H,7,8,9,10). The molecule has 0 radical (unpaired) electrons. The maximum Gasteiger partial charge on any atom is 0.174 e. The number of H-pyrrole nitrogens is 1. The lowest BCUT2D eigenvalue weighted by Gasteiger charge is -1.90. The summed E-state index contributed by atoms with van der Waals surface area (Å²) in [6, 6.07) is 0. The molecule has 0 bridgehead atoms. The van der Waals surface area contributed by atoms with Crippen LogP contribution in [0.25, 0.3) is 0 Å². The zero-order valence-electron chi connectivity index (χ0n) is 6.37. The molecule has 0 aliphatic heterocycles. The number of carbonyl (C=O) groups is 1. The third-order valence-electron chi connectivity index (χ3n) is 1.41. The fourth-order valence-electron chi connectivity index (χ4n) is 0.716. The predicted molar refractivity (Wildman–Crippen MR) is 37.8 cm³/mol. The summed E-state index contributed by atoms with van der Waals surface area (Å²) in [7, 11) is 0. The fourth-order valence-corrected chi connectivity index (χ4v) is 0.716. The molecule has 1 aromatic rings. The third kappa shape index (κ3) is 2.45. The summed E-state index contributed by atoms with van der Waals surface area (Å²) in [6.07, 6.45) is 1.68. The van der Waals surface area contributed by atoms with Gasteiger partial charge in [-0.1, -0.05) is 12.1 Å². The van der Waals surface area contributed by atoms with Crippen LogP contribution in [0.15, 0.2) is 0 Å². The maximum atomic E-state index is 10.8. The molecule has 0 atom stereocenters. The lowest BCUT2D eigenvalue weighted by molar-refractivity contribution is -0.118. The van der Waals surface area contributed by atoms with Gasteiger partial charge in [0, 0.05) is 19.3 Å². The Morgan fingerprint density at radius 2 is 2.45 bits per heavy atom. The monoisotopic (exact) mass is 154 g/mol. The van der Waals surface area contributed by atoms with Crippen LogP contribution in [-0.4, -0.2) is 26.4 Å². The molecule has 1 N–H and O–H groups in total. The first-order valence-electron chi connectivity index (χ1n) is 3.57. The Kier molecular flexibility index (Phi) is 2.71. The van der Waals surface area contributed by atoms with E-state index in [1.807, 2.05) is 6.92 Å². The lowest BCUT2D eigenvalue weighted by atomic mass is 10.2. The molecule has 0 aliphatic rings. The normalized spacial score (nSPS) is 9.91. The number of tetrazole rings is 1. The number of hydrogen-bond acceptors (Lipinski definition) is 4. The van der Waals surface area contributed by atoms with Crippen molar-refractivity contribution < 1.29 is 4.79 Å². The molecule has 0 spiro atoms. The van der Waals surface area contributed by atoms with Crippen molar-refractivity contribution in [2.24, 2.45) is 0 Å². The largest absolute Gasteiger partial charge is 0.300 e. The summed E-state index contributed by atoms with van der Waals surface area (Å²) in [4.78, 5) is 10.8. The molecule has 0 saturated carbocycles. The number of rotatable bonds is 4. The summed E-state index contributed by atoms with van der Waals surface area (Å²) < 4.78 is 0. The van der Waals surface area contributed by atoms with E-state index in [1.165, 1.54) is 0 Å². The van der Waals surface area contributed by atoms with Crippen LogP contribution < -0.4 is 0 Å². The Morgan fingerprint density at radius 3 is 3.00 bits per heavy atom. The van der Waals surface area contributed by atoms with E-state index in [0.717, 1.165) is 0 Å². The summed E-state index contributed by atoms with van der Waals surface area (Å²) >= 11 is 0. The first kappa shape index (κ1) is 7.84. The van der Waals surface area contributed by atoms with E-state index in [1.54, 1.807) is 0 Å². The van der Waals surface area contributed by atoms with Crippen LogP contribution in [0.2, 0.25) is 0 Å². The van der Waals surface area contributed by atoms with Gasteiger partial charge < -0.3 is 0 Å². The number of Topliss-reactive ketones (excluding diaryl/α,β-unsaturated/α-hetero) is 1. The molecule has 1 heterocycles. The van der Waals surface area contributed by atoms with Gasteiger partial charge in [0.25, 0.3) is 0 Å².